The van der Waals surface area contributed by atoms with Crippen molar-refractivity contribution < 1.29 is 19.1 Å². The molecule has 4 amide bonds. The maximum atomic E-state index is 11.9. The van der Waals surface area contributed by atoms with Crippen molar-refractivity contribution in [3.05, 3.63) is 66.2 Å². The van der Waals surface area contributed by atoms with Crippen molar-refractivity contribution in [3.8, 4) is 11.5 Å². The number of nitrogens with zero attached hydrogens (tertiary/aromatic N) is 1. The van der Waals surface area contributed by atoms with Crippen LogP contribution >= 0.6 is 0 Å². The van der Waals surface area contributed by atoms with Crippen molar-refractivity contribution >= 4 is 23.4 Å². The van der Waals surface area contributed by atoms with E-state index in [1.807, 2.05) is 17.4 Å². The summed E-state index contributed by atoms with van der Waals surface area (Å²) in [7, 11) is 3.36. The third kappa shape index (κ3) is 5.98. The number of urea groups is 1. The van der Waals surface area contributed by atoms with Crippen LogP contribution < -0.4 is 15.8 Å². The van der Waals surface area contributed by atoms with Crippen LogP contribution in [0, 0.1) is 0 Å². The van der Waals surface area contributed by atoms with Crippen molar-refractivity contribution in [2.24, 2.45) is 5.73 Å². The van der Waals surface area contributed by atoms with Gasteiger partial charge in [-0.05, 0) is 41.8 Å². The van der Waals surface area contributed by atoms with Gasteiger partial charge in [0.1, 0.15) is 11.5 Å². The number of benzene rings is 2. The van der Waals surface area contributed by atoms with Crippen LogP contribution in [-0.2, 0) is 16.0 Å². The Morgan fingerprint density at radius 3 is 2.04 bits per heavy atom. The highest BCUT2D eigenvalue weighted by molar-refractivity contribution is 6.18. The topological polar surface area (TPSA) is 102 Å². The van der Waals surface area contributed by atoms with Gasteiger partial charge in [0.15, 0.2) is 0 Å². The summed E-state index contributed by atoms with van der Waals surface area (Å²) in [5.41, 5.74) is 6.98. The monoisotopic (exact) mass is 381 g/mol. The molecule has 2 rings (SSSR count). The van der Waals surface area contributed by atoms with Crippen molar-refractivity contribution in [3.63, 3.8) is 0 Å². The van der Waals surface area contributed by atoms with Gasteiger partial charge in [-0.15, -0.1) is 0 Å². The Hall–Kier alpha value is -3.61. The number of primary amides is 1. The van der Waals surface area contributed by atoms with E-state index in [0.29, 0.717) is 23.5 Å². The summed E-state index contributed by atoms with van der Waals surface area (Å²) in [6.07, 6.45) is 0.649. The second-order valence-electron chi connectivity index (χ2n) is 6.36. The maximum absolute atomic E-state index is 11.9. The van der Waals surface area contributed by atoms with Crippen LogP contribution in [0.15, 0.2) is 55.1 Å². The molecule has 2 aromatic rings. The fourth-order valence-electron chi connectivity index (χ4n) is 2.44. The largest absolute Gasteiger partial charge is 0.457 e. The van der Waals surface area contributed by atoms with E-state index in [9.17, 15) is 14.4 Å². The van der Waals surface area contributed by atoms with E-state index in [0.717, 1.165) is 11.1 Å². The van der Waals surface area contributed by atoms with Crippen LogP contribution in [0.3, 0.4) is 0 Å². The summed E-state index contributed by atoms with van der Waals surface area (Å²) in [6, 6.07) is 13.5. The molecule has 146 valence electrons. The van der Waals surface area contributed by atoms with Crippen LogP contribution in [0.2, 0.25) is 0 Å². The molecule has 0 saturated heterocycles. The van der Waals surface area contributed by atoms with Gasteiger partial charge in [0.2, 0.25) is 5.91 Å². The van der Waals surface area contributed by atoms with Gasteiger partial charge in [-0.25, -0.2) is 4.79 Å². The lowest BCUT2D eigenvalue weighted by atomic mass is 10.1. The number of hydrogen-bond donors (Lipinski definition) is 2. The molecule has 0 radical (unpaired) electrons. The van der Waals surface area contributed by atoms with Crippen LogP contribution in [-0.4, -0.2) is 36.8 Å². The minimum Gasteiger partial charge on any atom is -0.457 e. The number of amides is 4. The fraction of sp³-hybridized carbons (Fsp3) is 0.190. The number of nitrogens with two attached hydrogens (primary N) is 1. The van der Waals surface area contributed by atoms with Crippen molar-refractivity contribution in [1.29, 1.82) is 0 Å². The summed E-state index contributed by atoms with van der Waals surface area (Å²) < 4.78 is 5.79. The molecule has 0 saturated carbocycles. The van der Waals surface area contributed by atoms with E-state index >= 15 is 0 Å². The van der Waals surface area contributed by atoms with E-state index in [4.69, 9.17) is 10.5 Å². The third-order valence-electron chi connectivity index (χ3n) is 3.93. The molecular weight excluding hydrogens is 358 g/mol. The van der Waals surface area contributed by atoms with Gasteiger partial charge in [-0.2, -0.15) is 0 Å². The number of hydrogen-bond acceptors (Lipinski definition) is 4. The van der Waals surface area contributed by atoms with Crippen molar-refractivity contribution in [2.45, 2.75) is 12.8 Å². The normalized spacial score (nSPS) is 10.1. The van der Waals surface area contributed by atoms with Crippen LogP contribution in [0.5, 0.6) is 11.5 Å². The zero-order chi connectivity index (χ0) is 20.7. The van der Waals surface area contributed by atoms with Gasteiger partial charge < -0.3 is 15.4 Å². The van der Waals surface area contributed by atoms with E-state index in [-0.39, 0.29) is 12.3 Å². The fourth-order valence-corrected chi connectivity index (χ4v) is 2.44. The lowest BCUT2D eigenvalue weighted by molar-refractivity contribution is -0.122. The second-order valence-corrected chi connectivity index (χ2v) is 6.36. The van der Waals surface area contributed by atoms with Gasteiger partial charge in [0.05, 0.1) is 0 Å². The second kappa shape index (κ2) is 9.36. The Bertz CT molecular complexity index is 872. The van der Waals surface area contributed by atoms with E-state index in [1.165, 1.54) is 4.90 Å². The van der Waals surface area contributed by atoms with Gasteiger partial charge in [0.25, 0.3) is 5.91 Å². The first-order valence-corrected chi connectivity index (χ1v) is 8.63. The molecule has 0 fully saturated rings. The molecule has 2 aromatic carbocycles. The molecule has 0 atom stereocenters. The van der Waals surface area contributed by atoms with Gasteiger partial charge >= 0.3 is 6.03 Å². The smallest absolute Gasteiger partial charge is 0.318 e. The zero-order valence-corrected chi connectivity index (χ0v) is 15.9. The Morgan fingerprint density at radius 1 is 1.00 bits per heavy atom. The first kappa shape index (κ1) is 20.7. The minimum atomic E-state index is -0.852. The molecule has 3 N–H and O–H groups in total. The first-order valence-electron chi connectivity index (χ1n) is 8.63. The van der Waals surface area contributed by atoms with Crippen LogP contribution in [0.1, 0.15) is 17.5 Å². The highest BCUT2D eigenvalue weighted by Gasteiger charge is 2.11. The molecule has 0 heterocycles. The average molecular weight is 381 g/mol. The minimum absolute atomic E-state index is 0.145. The van der Waals surface area contributed by atoms with Gasteiger partial charge in [0, 0.05) is 26.1 Å². The molecule has 7 heteroatoms. The molecule has 0 aromatic heterocycles. The molecule has 0 aliphatic rings. The molecular formula is C21H23N3O4. The number of rotatable bonds is 7. The van der Waals surface area contributed by atoms with E-state index in [1.54, 1.807) is 50.5 Å². The number of carbonyl (C=O) groups excluding carboxylic acids is 3. The number of likely N-dealkylation sites (N-methyl/N-ethyl adjacent to an activating group) is 1. The lowest BCUT2D eigenvalue weighted by Gasteiger charge is -2.13. The Kier molecular flexibility index (Phi) is 6.92. The molecule has 0 aliphatic heterocycles. The summed E-state index contributed by atoms with van der Waals surface area (Å²) >= 11 is 0. The zero-order valence-electron chi connectivity index (χ0n) is 15.9. The highest BCUT2D eigenvalue weighted by Crippen LogP contribution is 2.24. The number of carbonyl (C=O) groups is 3. The molecule has 0 bridgehead atoms. The Balaban J connectivity index is 1.93. The van der Waals surface area contributed by atoms with Crippen molar-refractivity contribution in [1.82, 2.24) is 10.2 Å². The van der Waals surface area contributed by atoms with E-state index in [2.05, 4.69) is 6.58 Å². The SMILES string of the molecule is C=C(C(=O)N(C)C)c1ccc(Oc2ccc(CCC(=O)NC(N)=O)cc2)cc1. The van der Waals surface area contributed by atoms with Crippen LogP contribution in [0.25, 0.3) is 5.57 Å². The first-order chi connectivity index (χ1) is 13.3. The predicted octanol–water partition coefficient (Wildman–Crippen LogP) is 2.71. The number of nitrogens with one attached hydrogen (secondary N) is 1. The lowest BCUT2D eigenvalue weighted by Crippen LogP contribution is -2.35. The number of aryl methyl sites for hydroxylation is 1. The number of imide groups is 1. The standard InChI is InChI=1S/C21H23N3O4/c1-14(20(26)24(2)3)16-7-11-18(12-8-16)28-17-9-4-15(5-10-17)6-13-19(25)23-21(22)27/h4-5,7-12H,1,6,13H2,2-3H3,(H3,22,23,25,27). The predicted molar refractivity (Wildman–Crippen MR) is 107 cm³/mol. The number of ether oxygens (including phenoxy) is 1. The van der Waals surface area contributed by atoms with Crippen LogP contribution in [0.4, 0.5) is 4.79 Å². The third-order valence-corrected chi connectivity index (χ3v) is 3.93. The molecule has 28 heavy (non-hydrogen) atoms. The molecule has 0 aliphatic carbocycles. The molecule has 0 unspecified atom stereocenters. The van der Waals surface area contributed by atoms with Gasteiger partial charge in [-0.3, -0.25) is 14.9 Å². The molecule has 0 spiro atoms. The van der Waals surface area contributed by atoms with Gasteiger partial charge in [-0.1, -0.05) is 30.8 Å². The average Bonchev–Trinajstić information content (AvgIpc) is 2.66. The Labute approximate surface area is 163 Å². The van der Waals surface area contributed by atoms with E-state index < -0.39 is 11.9 Å². The summed E-state index contributed by atoms with van der Waals surface area (Å²) in [6.45, 7) is 3.83. The Morgan fingerprint density at radius 2 is 1.54 bits per heavy atom. The molecule has 7 nitrogen and oxygen atoms in total. The maximum Gasteiger partial charge on any atom is 0.318 e. The summed E-state index contributed by atoms with van der Waals surface area (Å²) in [5, 5.41) is 2.03. The quantitative estimate of drug-likeness (QED) is 0.720. The van der Waals surface area contributed by atoms with Crippen molar-refractivity contribution in [2.75, 3.05) is 14.1 Å². The summed E-state index contributed by atoms with van der Waals surface area (Å²) in [4.78, 5) is 35.5. The highest BCUT2D eigenvalue weighted by atomic mass is 16.5. The summed E-state index contributed by atoms with van der Waals surface area (Å²) in [5.74, 6) is 0.708.